The molecule has 7 aromatic carbocycles. The molecule has 0 aliphatic rings. The van der Waals surface area contributed by atoms with Gasteiger partial charge in [-0.1, -0.05) is 115 Å². The van der Waals surface area contributed by atoms with Crippen LogP contribution in [-0.4, -0.2) is 15.0 Å². The van der Waals surface area contributed by atoms with Crippen LogP contribution in [0.1, 0.15) is 0 Å². The number of furan rings is 2. The molecule has 5 nitrogen and oxygen atoms in total. The summed E-state index contributed by atoms with van der Waals surface area (Å²) in [5.74, 6) is 1.85. The summed E-state index contributed by atoms with van der Waals surface area (Å²) in [6, 6.07) is 55.8. The van der Waals surface area contributed by atoms with Gasteiger partial charge in [0.2, 0.25) is 0 Å². The van der Waals surface area contributed by atoms with Crippen molar-refractivity contribution in [1.29, 1.82) is 0 Å². The SMILES string of the molecule is c1ccc(-c2ccc3oc4cc(-c5ccc6c(c5)oc5cc(-c7nc(-c8ccccc8)nc(-c8ccccc8)n7)ccc56)ccc4c3c2)cc1. The maximum Gasteiger partial charge on any atom is 0.164 e. The van der Waals surface area contributed by atoms with Gasteiger partial charge in [0.25, 0.3) is 0 Å². The molecule has 3 heterocycles. The third kappa shape index (κ3) is 4.83. The molecule has 0 saturated carbocycles. The average Bonchev–Trinajstić information content (AvgIpc) is 3.75. The van der Waals surface area contributed by atoms with E-state index in [0.717, 1.165) is 71.7 Å². The second-order valence-corrected chi connectivity index (χ2v) is 12.5. The monoisotopic (exact) mass is 641 g/mol. The maximum atomic E-state index is 6.50. The van der Waals surface area contributed by atoms with Crippen molar-refractivity contribution in [3.63, 3.8) is 0 Å². The normalized spacial score (nSPS) is 11.6. The average molecular weight is 642 g/mol. The fourth-order valence-electron chi connectivity index (χ4n) is 6.80. The van der Waals surface area contributed by atoms with Crippen molar-refractivity contribution in [2.75, 3.05) is 0 Å². The first-order chi connectivity index (χ1) is 24.7. The van der Waals surface area contributed by atoms with Gasteiger partial charge in [-0.15, -0.1) is 0 Å². The van der Waals surface area contributed by atoms with E-state index < -0.39 is 0 Å². The third-order valence-electron chi connectivity index (χ3n) is 9.34. The van der Waals surface area contributed by atoms with Crippen molar-refractivity contribution in [2.45, 2.75) is 0 Å². The topological polar surface area (TPSA) is 65.0 Å². The van der Waals surface area contributed by atoms with E-state index >= 15 is 0 Å². The van der Waals surface area contributed by atoms with Gasteiger partial charge in [-0.25, -0.2) is 15.0 Å². The lowest BCUT2D eigenvalue weighted by Gasteiger charge is -2.08. The maximum absolute atomic E-state index is 6.50. The molecule has 0 aliphatic carbocycles. The Bertz CT molecular complexity index is 2800. The number of fused-ring (bicyclic) bond motifs is 6. The summed E-state index contributed by atoms with van der Waals surface area (Å²) < 4.78 is 12.8. The third-order valence-corrected chi connectivity index (χ3v) is 9.34. The number of rotatable bonds is 5. The first kappa shape index (κ1) is 28.2. The first-order valence-electron chi connectivity index (χ1n) is 16.6. The van der Waals surface area contributed by atoms with Gasteiger partial charge >= 0.3 is 0 Å². The molecule has 0 bridgehead atoms. The van der Waals surface area contributed by atoms with Crippen molar-refractivity contribution in [2.24, 2.45) is 0 Å². The highest BCUT2D eigenvalue weighted by molar-refractivity contribution is 6.09. The summed E-state index contributed by atoms with van der Waals surface area (Å²) >= 11 is 0. The highest BCUT2D eigenvalue weighted by Gasteiger charge is 2.16. The zero-order valence-electron chi connectivity index (χ0n) is 26.7. The predicted octanol–water partition coefficient (Wildman–Crippen LogP) is 12.0. The molecule has 0 fully saturated rings. The van der Waals surface area contributed by atoms with E-state index in [9.17, 15) is 0 Å². The molecular weight excluding hydrogens is 615 g/mol. The first-order valence-corrected chi connectivity index (χ1v) is 16.6. The Hall–Kier alpha value is -6.85. The molecule has 10 rings (SSSR count). The molecule has 0 spiro atoms. The van der Waals surface area contributed by atoms with Gasteiger partial charge in [0, 0.05) is 38.2 Å². The molecule has 10 aromatic rings. The Labute approximate surface area is 287 Å². The molecule has 50 heavy (non-hydrogen) atoms. The highest BCUT2D eigenvalue weighted by atomic mass is 16.3. The van der Waals surface area contributed by atoms with Gasteiger partial charge in [0.05, 0.1) is 0 Å². The van der Waals surface area contributed by atoms with Gasteiger partial charge in [-0.3, -0.25) is 0 Å². The molecule has 0 amide bonds. The summed E-state index contributed by atoms with van der Waals surface area (Å²) in [5, 5.41) is 4.31. The summed E-state index contributed by atoms with van der Waals surface area (Å²) in [6.45, 7) is 0. The van der Waals surface area contributed by atoms with E-state index in [1.54, 1.807) is 0 Å². The van der Waals surface area contributed by atoms with Gasteiger partial charge in [0.15, 0.2) is 17.5 Å². The lowest BCUT2D eigenvalue weighted by Crippen LogP contribution is -2.00. The molecule has 234 valence electrons. The van der Waals surface area contributed by atoms with E-state index in [1.807, 2.05) is 72.8 Å². The molecule has 0 atom stereocenters. The fourth-order valence-corrected chi connectivity index (χ4v) is 6.80. The summed E-state index contributed by atoms with van der Waals surface area (Å²) in [4.78, 5) is 14.6. The van der Waals surface area contributed by atoms with E-state index in [4.69, 9.17) is 23.8 Å². The van der Waals surface area contributed by atoms with Crippen LogP contribution in [-0.2, 0) is 0 Å². The molecule has 5 heteroatoms. The molecular formula is C45H27N3O2. The summed E-state index contributed by atoms with van der Waals surface area (Å²) in [6.07, 6.45) is 0. The Morgan fingerprint density at radius 2 is 0.640 bits per heavy atom. The van der Waals surface area contributed by atoms with Crippen molar-refractivity contribution < 1.29 is 8.83 Å². The van der Waals surface area contributed by atoms with Crippen LogP contribution < -0.4 is 0 Å². The number of nitrogens with zero attached hydrogens (tertiary/aromatic N) is 3. The van der Waals surface area contributed by atoms with Gasteiger partial charge < -0.3 is 8.83 Å². The van der Waals surface area contributed by atoms with Crippen LogP contribution >= 0.6 is 0 Å². The minimum Gasteiger partial charge on any atom is -0.456 e. The number of benzene rings is 7. The Kier molecular flexibility index (Phi) is 6.42. The summed E-state index contributed by atoms with van der Waals surface area (Å²) in [5.41, 5.74) is 10.5. The van der Waals surface area contributed by atoms with E-state index in [-0.39, 0.29) is 0 Å². The molecule has 0 radical (unpaired) electrons. The lowest BCUT2D eigenvalue weighted by atomic mass is 10.0. The van der Waals surface area contributed by atoms with Crippen LogP contribution in [0.15, 0.2) is 173 Å². The van der Waals surface area contributed by atoms with E-state index in [0.29, 0.717) is 17.5 Å². The minimum absolute atomic E-state index is 0.593. The fraction of sp³-hybridized carbons (Fsp3) is 0. The lowest BCUT2D eigenvalue weighted by molar-refractivity contribution is 0.668. The van der Waals surface area contributed by atoms with Gasteiger partial charge in [0.1, 0.15) is 22.3 Å². The Balaban J connectivity index is 1.03. The van der Waals surface area contributed by atoms with Crippen molar-refractivity contribution in [1.82, 2.24) is 15.0 Å². The van der Waals surface area contributed by atoms with E-state index in [1.165, 1.54) is 11.1 Å². The van der Waals surface area contributed by atoms with Crippen LogP contribution in [0.5, 0.6) is 0 Å². The van der Waals surface area contributed by atoms with Gasteiger partial charge in [-0.05, 0) is 70.8 Å². The second-order valence-electron chi connectivity index (χ2n) is 12.5. The van der Waals surface area contributed by atoms with Crippen molar-refractivity contribution in [3.8, 4) is 56.4 Å². The number of hydrogen-bond donors (Lipinski definition) is 0. The largest absolute Gasteiger partial charge is 0.456 e. The minimum atomic E-state index is 0.593. The zero-order valence-corrected chi connectivity index (χ0v) is 26.7. The molecule has 0 N–H and O–H groups in total. The standard InChI is InChI=1S/C45H27N3O2/c1-4-10-28(11-5-1)31-19-23-39-38(24-31)37-21-17-33(26-41(37)49-39)32-16-20-35-36-22-18-34(27-42(36)50-40(35)25-32)45-47-43(29-12-6-2-7-13-29)46-44(48-45)30-14-8-3-9-15-30/h1-27H. The van der Waals surface area contributed by atoms with Crippen LogP contribution in [0.2, 0.25) is 0 Å². The van der Waals surface area contributed by atoms with Crippen LogP contribution in [0.4, 0.5) is 0 Å². The van der Waals surface area contributed by atoms with Gasteiger partial charge in [-0.2, -0.15) is 0 Å². The van der Waals surface area contributed by atoms with Crippen LogP contribution in [0.25, 0.3) is 100 Å². The molecule has 0 aliphatic heterocycles. The Morgan fingerprint density at radius 1 is 0.260 bits per heavy atom. The molecule has 0 unspecified atom stereocenters. The van der Waals surface area contributed by atoms with Crippen molar-refractivity contribution >= 4 is 43.9 Å². The number of hydrogen-bond acceptors (Lipinski definition) is 5. The van der Waals surface area contributed by atoms with Crippen LogP contribution in [0, 0.1) is 0 Å². The molecule has 0 saturated heterocycles. The summed E-state index contributed by atoms with van der Waals surface area (Å²) in [7, 11) is 0. The zero-order chi connectivity index (χ0) is 33.0. The highest BCUT2D eigenvalue weighted by Crippen LogP contribution is 2.38. The van der Waals surface area contributed by atoms with Crippen molar-refractivity contribution in [3.05, 3.63) is 164 Å². The molecule has 3 aromatic heterocycles. The predicted molar refractivity (Wildman–Crippen MR) is 202 cm³/mol. The smallest absolute Gasteiger partial charge is 0.164 e. The second kappa shape index (κ2) is 11.4. The number of aromatic nitrogens is 3. The van der Waals surface area contributed by atoms with Crippen LogP contribution in [0.3, 0.4) is 0 Å². The van der Waals surface area contributed by atoms with E-state index in [2.05, 4.69) is 91.0 Å². The quantitative estimate of drug-likeness (QED) is 0.187. The Morgan fingerprint density at radius 3 is 1.18 bits per heavy atom.